The molecular formula is C42H41FN2O3. The van der Waals surface area contributed by atoms with Crippen LogP contribution in [0.2, 0.25) is 0 Å². The van der Waals surface area contributed by atoms with E-state index in [1.165, 1.54) is 49.8 Å². The first-order valence-electron chi connectivity index (χ1n) is 17.0. The number of carbonyl (C=O) groups excluding carboxylic acids is 1. The van der Waals surface area contributed by atoms with Crippen LogP contribution in [0.25, 0.3) is 0 Å². The molecule has 2 aliphatic heterocycles. The van der Waals surface area contributed by atoms with E-state index in [0.717, 1.165) is 58.0 Å². The maximum absolute atomic E-state index is 13.7. The number of anilines is 4. The molecule has 0 aliphatic carbocycles. The van der Waals surface area contributed by atoms with Gasteiger partial charge in [-0.15, -0.1) is 0 Å². The number of halogens is 1. The van der Waals surface area contributed by atoms with Gasteiger partial charge in [0.25, 0.3) is 0 Å². The molecule has 2 aliphatic rings. The number of hydrogen-bond donors (Lipinski definition) is 1. The number of nitrogens with zero attached hydrogens (tertiary/aromatic N) is 1. The van der Waals surface area contributed by atoms with Crippen molar-refractivity contribution in [3.05, 3.63) is 142 Å². The van der Waals surface area contributed by atoms with Crippen molar-refractivity contribution in [2.24, 2.45) is 0 Å². The second kappa shape index (κ2) is 13.2. The molecule has 0 saturated carbocycles. The van der Waals surface area contributed by atoms with E-state index in [1.54, 1.807) is 12.1 Å². The molecule has 244 valence electrons. The molecule has 6 heteroatoms. The average molecular weight is 641 g/mol. The van der Waals surface area contributed by atoms with Crippen LogP contribution in [0, 0.1) is 19.7 Å². The molecule has 7 rings (SSSR count). The lowest BCUT2D eigenvalue weighted by Crippen LogP contribution is -2.33. The normalized spacial score (nSPS) is 15.7. The molecule has 1 unspecified atom stereocenters. The second-order valence-corrected chi connectivity index (χ2v) is 12.9. The Bertz CT molecular complexity index is 1950. The maximum atomic E-state index is 13.7. The van der Waals surface area contributed by atoms with Gasteiger partial charge < -0.3 is 19.7 Å². The molecule has 0 amide bonds. The van der Waals surface area contributed by atoms with Crippen LogP contribution in [-0.2, 0) is 10.3 Å². The van der Waals surface area contributed by atoms with Gasteiger partial charge in [-0.05, 0) is 92.6 Å². The third kappa shape index (κ3) is 5.81. The molecule has 0 bridgehead atoms. The van der Waals surface area contributed by atoms with Gasteiger partial charge in [-0.2, -0.15) is 0 Å². The highest BCUT2D eigenvalue weighted by Gasteiger charge is 2.53. The smallest absolute Gasteiger partial charge is 0.340 e. The number of hydrogen-bond acceptors (Lipinski definition) is 5. The minimum absolute atomic E-state index is 0.298. The van der Waals surface area contributed by atoms with Gasteiger partial charge in [-0.1, -0.05) is 74.9 Å². The summed E-state index contributed by atoms with van der Waals surface area (Å²) in [4.78, 5) is 15.9. The van der Waals surface area contributed by atoms with Gasteiger partial charge in [0.15, 0.2) is 5.60 Å². The lowest BCUT2D eigenvalue weighted by molar-refractivity contribution is 0.0224. The van der Waals surface area contributed by atoms with Crippen LogP contribution in [0.4, 0.5) is 27.1 Å². The highest BCUT2D eigenvalue weighted by Crippen LogP contribution is 2.57. The number of ether oxygens (including phenoxy) is 2. The largest absolute Gasteiger partial charge is 0.456 e. The zero-order valence-corrected chi connectivity index (χ0v) is 27.8. The van der Waals surface area contributed by atoms with Crippen molar-refractivity contribution in [3.8, 4) is 11.5 Å². The third-order valence-corrected chi connectivity index (χ3v) is 9.56. The van der Waals surface area contributed by atoms with Crippen molar-refractivity contribution in [3.63, 3.8) is 0 Å². The predicted molar refractivity (Wildman–Crippen MR) is 191 cm³/mol. The van der Waals surface area contributed by atoms with E-state index < -0.39 is 5.60 Å². The summed E-state index contributed by atoms with van der Waals surface area (Å²) in [5.41, 5.74) is 7.51. The Morgan fingerprint density at radius 2 is 1.44 bits per heavy atom. The first kappa shape index (κ1) is 31.5. The molecule has 0 aromatic heterocycles. The van der Waals surface area contributed by atoms with Crippen LogP contribution in [-0.4, -0.2) is 12.5 Å². The van der Waals surface area contributed by atoms with Crippen molar-refractivity contribution in [2.45, 2.75) is 64.9 Å². The third-order valence-electron chi connectivity index (χ3n) is 9.56. The molecule has 0 radical (unpaired) electrons. The van der Waals surface area contributed by atoms with Gasteiger partial charge in [-0.3, -0.25) is 0 Å². The number of benzene rings is 5. The summed E-state index contributed by atoms with van der Waals surface area (Å²) in [7, 11) is 0. The van der Waals surface area contributed by atoms with Crippen molar-refractivity contribution in [1.82, 2.24) is 0 Å². The second-order valence-electron chi connectivity index (χ2n) is 12.9. The van der Waals surface area contributed by atoms with Gasteiger partial charge in [0.2, 0.25) is 0 Å². The molecule has 5 nitrogen and oxygen atoms in total. The van der Waals surface area contributed by atoms with Crippen LogP contribution in [0.5, 0.6) is 11.5 Å². The standard InChI is InChI=1S/C42H41FN2O3/c1-4-5-6-7-8-11-24-45(32-20-14-28(2)15-21-32)33-22-23-36-40(26-33)47-39-25-29(3)38(44-31-18-16-30(43)17-19-31)27-37(39)42(36)35-13-10-9-12-34(35)41(46)48-42/h9-10,12-23,25-27,44H,4-8,11,24H2,1-3H3. The number of nitrogens with one attached hydrogen (secondary N) is 1. The van der Waals surface area contributed by atoms with E-state index in [4.69, 9.17) is 9.47 Å². The number of unbranched alkanes of at least 4 members (excludes halogenated alkanes) is 5. The molecule has 0 saturated heterocycles. The molecule has 5 aromatic carbocycles. The van der Waals surface area contributed by atoms with Crippen molar-refractivity contribution < 1.29 is 18.7 Å². The fraction of sp³-hybridized carbons (Fsp3) is 0.262. The van der Waals surface area contributed by atoms with Crippen LogP contribution in [0.3, 0.4) is 0 Å². The summed E-state index contributed by atoms with van der Waals surface area (Å²) in [5.74, 6) is 0.618. The lowest BCUT2D eigenvalue weighted by atomic mass is 9.77. The molecule has 5 aromatic rings. The van der Waals surface area contributed by atoms with Crippen molar-refractivity contribution in [2.75, 3.05) is 16.8 Å². The SMILES string of the molecule is CCCCCCCCN(c1ccc(C)cc1)c1ccc2c(c1)Oc1cc(C)c(Nc3ccc(F)cc3)cc1C21OC(=O)c2ccccc21. The zero-order valence-electron chi connectivity index (χ0n) is 27.8. The topological polar surface area (TPSA) is 50.8 Å². The maximum Gasteiger partial charge on any atom is 0.340 e. The summed E-state index contributed by atoms with van der Waals surface area (Å²) in [5, 5.41) is 3.43. The first-order chi connectivity index (χ1) is 23.4. The highest BCUT2D eigenvalue weighted by molar-refractivity contribution is 5.97. The Kier molecular flexibility index (Phi) is 8.65. The van der Waals surface area contributed by atoms with Crippen molar-refractivity contribution in [1.29, 1.82) is 0 Å². The Morgan fingerprint density at radius 1 is 0.729 bits per heavy atom. The lowest BCUT2D eigenvalue weighted by Gasteiger charge is -2.38. The van der Waals surface area contributed by atoms with E-state index in [1.807, 2.05) is 43.3 Å². The average Bonchev–Trinajstić information content (AvgIpc) is 3.39. The fourth-order valence-corrected chi connectivity index (χ4v) is 6.98. The van der Waals surface area contributed by atoms with Gasteiger partial charge in [0.1, 0.15) is 17.3 Å². The van der Waals surface area contributed by atoms with Gasteiger partial charge in [-0.25, -0.2) is 9.18 Å². The number of esters is 1. The van der Waals surface area contributed by atoms with Crippen molar-refractivity contribution >= 4 is 28.7 Å². The summed E-state index contributed by atoms with van der Waals surface area (Å²) in [6.07, 6.45) is 7.29. The summed E-state index contributed by atoms with van der Waals surface area (Å²) < 4.78 is 26.9. The minimum atomic E-state index is -1.20. The summed E-state index contributed by atoms with van der Waals surface area (Å²) >= 11 is 0. The Morgan fingerprint density at radius 3 is 2.23 bits per heavy atom. The predicted octanol–water partition coefficient (Wildman–Crippen LogP) is 11.3. The summed E-state index contributed by atoms with van der Waals surface area (Å²) in [6.45, 7) is 7.23. The number of carbonyl (C=O) groups is 1. The Hall–Kier alpha value is -5.10. The molecule has 1 N–H and O–H groups in total. The molecule has 2 heterocycles. The van der Waals surface area contributed by atoms with E-state index in [9.17, 15) is 9.18 Å². The summed E-state index contributed by atoms with van der Waals surface area (Å²) in [6, 6.07) is 32.8. The van der Waals surface area contributed by atoms with E-state index in [-0.39, 0.29) is 11.8 Å². The van der Waals surface area contributed by atoms with E-state index in [2.05, 4.69) is 66.5 Å². The molecule has 48 heavy (non-hydrogen) atoms. The Balaban J connectivity index is 1.32. The first-order valence-corrected chi connectivity index (χ1v) is 17.0. The van der Waals surface area contributed by atoms with Crippen LogP contribution in [0.15, 0.2) is 103 Å². The molecule has 0 fully saturated rings. The fourth-order valence-electron chi connectivity index (χ4n) is 6.98. The van der Waals surface area contributed by atoms with Gasteiger partial charge >= 0.3 is 5.97 Å². The number of rotatable bonds is 11. The molecular weight excluding hydrogens is 599 g/mol. The Labute approximate surface area is 282 Å². The highest BCUT2D eigenvalue weighted by atomic mass is 19.1. The zero-order chi connectivity index (χ0) is 33.3. The monoisotopic (exact) mass is 640 g/mol. The van der Waals surface area contributed by atoms with Crippen LogP contribution < -0.4 is 15.0 Å². The number of aryl methyl sites for hydroxylation is 2. The quantitative estimate of drug-likeness (QED) is 0.115. The van der Waals surface area contributed by atoms with Gasteiger partial charge in [0.05, 0.1) is 5.56 Å². The van der Waals surface area contributed by atoms with E-state index >= 15 is 0 Å². The van der Waals surface area contributed by atoms with Crippen LogP contribution in [0.1, 0.15) is 83.6 Å². The van der Waals surface area contributed by atoms with Gasteiger partial charge in [0, 0.05) is 52.1 Å². The molecule has 1 atom stereocenters. The minimum Gasteiger partial charge on any atom is -0.456 e. The van der Waals surface area contributed by atoms with Crippen LogP contribution >= 0.6 is 0 Å². The molecule has 1 spiro atoms. The number of fused-ring (bicyclic) bond motifs is 6. The van der Waals surface area contributed by atoms with E-state index in [0.29, 0.717) is 17.1 Å².